The molecule has 1 unspecified atom stereocenters. The first-order valence-electron chi connectivity index (χ1n) is 12.5. The topological polar surface area (TPSA) is 59.4 Å². The van der Waals surface area contributed by atoms with Crippen LogP contribution in [0.15, 0.2) is 93.3 Å². The minimum atomic E-state index is -2.54. The van der Waals surface area contributed by atoms with E-state index in [0.717, 1.165) is 40.0 Å². The molecule has 8 heteroatoms. The largest absolute Gasteiger partial charge is 0.507 e. The molecule has 0 radical (unpaired) electrons. The van der Waals surface area contributed by atoms with Crippen LogP contribution in [-0.2, 0) is 16.1 Å². The van der Waals surface area contributed by atoms with Crippen LogP contribution in [0, 0.1) is 0 Å². The highest BCUT2D eigenvalue weighted by molar-refractivity contribution is 9.11. The summed E-state index contributed by atoms with van der Waals surface area (Å²) in [5, 5.41) is 10.5. The molecule has 1 N–H and O–H groups in total. The molecule has 4 rings (SSSR count). The molecule has 0 aliphatic carbocycles. The average molecular weight is 584 g/mol. The van der Waals surface area contributed by atoms with Gasteiger partial charge in [0.15, 0.2) is 0 Å². The Labute approximate surface area is 229 Å². The molecule has 1 fully saturated rings. The van der Waals surface area contributed by atoms with Gasteiger partial charge in [-0.2, -0.15) is 0 Å². The number of phenols is 1. The molecule has 2 aliphatic heterocycles. The second-order valence-corrected chi connectivity index (χ2v) is 12.4. The second kappa shape index (κ2) is 11.3. The normalized spacial score (nSPS) is 20.1. The predicted octanol–water partition coefficient (Wildman–Crippen LogP) is 5.37. The number of piperidine rings is 1. The number of rotatable bonds is 7. The summed E-state index contributed by atoms with van der Waals surface area (Å²) in [4.78, 5) is 9.97. The fourth-order valence-electron chi connectivity index (χ4n) is 4.98. The maximum atomic E-state index is 13.9. The molecule has 2 aromatic rings. The number of allylic oxidation sites excluding steroid dienone is 3. The Balaban J connectivity index is 1.59. The lowest BCUT2D eigenvalue weighted by molar-refractivity contribution is 0.172. The number of aliphatic imine (C=N–C) groups is 1. The zero-order valence-electron chi connectivity index (χ0n) is 21.7. The van der Waals surface area contributed by atoms with E-state index in [9.17, 15) is 9.32 Å². The zero-order chi connectivity index (χ0) is 26.7. The lowest BCUT2D eigenvalue weighted by Gasteiger charge is -2.42. The summed E-state index contributed by atoms with van der Waals surface area (Å²) < 4.78 is 16.7. The first-order valence-corrected chi connectivity index (χ1v) is 14.9. The van der Waals surface area contributed by atoms with Gasteiger partial charge in [-0.15, -0.1) is 0 Å². The van der Waals surface area contributed by atoms with Crippen LogP contribution in [0.2, 0.25) is 0 Å². The quantitative estimate of drug-likeness (QED) is 0.446. The highest BCUT2D eigenvalue weighted by Gasteiger charge is 2.32. The van der Waals surface area contributed by atoms with Crippen molar-refractivity contribution >= 4 is 37.2 Å². The van der Waals surface area contributed by atoms with E-state index in [0.29, 0.717) is 30.2 Å². The van der Waals surface area contributed by atoms with E-state index in [1.807, 2.05) is 54.4 Å². The van der Waals surface area contributed by atoms with Crippen LogP contribution in [0.5, 0.6) is 5.75 Å². The molecular weight excluding hydrogens is 548 g/mol. The monoisotopic (exact) mass is 582 g/mol. The molecule has 37 heavy (non-hydrogen) atoms. The number of phenolic OH excluding ortho intramolecular Hbond substituents is 1. The van der Waals surface area contributed by atoms with Gasteiger partial charge >= 0.3 is 0 Å². The van der Waals surface area contributed by atoms with Crippen molar-refractivity contribution in [3.8, 4) is 5.75 Å². The van der Waals surface area contributed by atoms with Gasteiger partial charge in [-0.25, -0.2) is 13.5 Å². The summed E-state index contributed by atoms with van der Waals surface area (Å²) in [5.74, 6) is 6.06. The summed E-state index contributed by atoms with van der Waals surface area (Å²) in [6, 6.07) is 15.4. The van der Waals surface area contributed by atoms with Gasteiger partial charge in [0.1, 0.15) is 17.4 Å². The van der Waals surface area contributed by atoms with E-state index in [1.54, 1.807) is 18.2 Å². The molecular formula is C29H35BrN4O2S. The minimum absolute atomic E-state index is 0.184. The summed E-state index contributed by atoms with van der Waals surface area (Å²) in [5.41, 5.74) is 2.45. The van der Waals surface area contributed by atoms with Crippen LogP contribution in [0.25, 0.3) is 0 Å². The SMILES string of the molecule is C=C/C(Br)=C1/N=C(c2ccccc2O)C=C(N(C)C2CCN(S(=C)(=O)c3ccccc3CC)CC2)N1C. The second-order valence-electron chi connectivity index (χ2n) is 9.32. The van der Waals surface area contributed by atoms with Crippen molar-refractivity contribution in [3.63, 3.8) is 0 Å². The highest BCUT2D eigenvalue weighted by Crippen LogP contribution is 2.32. The van der Waals surface area contributed by atoms with E-state index >= 15 is 0 Å². The number of para-hydroxylation sites is 1. The third-order valence-electron chi connectivity index (χ3n) is 7.17. The smallest absolute Gasteiger partial charge is 0.148 e. The molecule has 1 saturated heterocycles. The van der Waals surface area contributed by atoms with Crippen LogP contribution >= 0.6 is 15.9 Å². The zero-order valence-corrected chi connectivity index (χ0v) is 24.1. The maximum absolute atomic E-state index is 13.9. The summed E-state index contributed by atoms with van der Waals surface area (Å²) in [6.45, 7) is 7.38. The highest BCUT2D eigenvalue weighted by atomic mass is 79.9. The van der Waals surface area contributed by atoms with E-state index in [1.165, 1.54) is 0 Å². The Morgan fingerprint density at radius 2 is 1.86 bits per heavy atom. The Morgan fingerprint density at radius 3 is 2.51 bits per heavy atom. The van der Waals surface area contributed by atoms with Crippen LogP contribution in [0.3, 0.4) is 0 Å². The number of aromatic hydroxyl groups is 1. The van der Waals surface area contributed by atoms with Crippen LogP contribution in [0.1, 0.15) is 30.9 Å². The number of nitrogens with zero attached hydrogens (tertiary/aromatic N) is 4. The maximum Gasteiger partial charge on any atom is 0.148 e. The number of halogens is 1. The van der Waals surface area contributed by atoms with Gasteiger partial charge in [0, 0.05) is 49.8 Å². The molecule has 2 aromatic carbocycles. The Hall–Kier alpha value is -2.81. The number of aryl methyl sites for hydroxylation is 1. The van der Waals surface area contributed by atoms with Gasteiger partial charge in [-0.05, 0) is 64.8 Å². The van der Waals surface area contributed by atoms with Crippen LogP contribution in [0.4, 0.5) is 0 Å². The van der Waals surface area contributed by atoms with Gasteiger partial charge in [0.05, 0.1) is 19.9 Å². The van der Waals surface area contributed by atoms with Crippen molar-refractivity contribution < 1.29 is 9.32 Å². The predicted molar refractivity (Wildman–Crippen MR) is 158 cm³/mol. The van der Waals surface area contributed by atoms with E-state index < -0.39 is 9.71 Å². The average Bonchev–Trinajstić information content (AvgIpc) is 2.92. The Kier molecular flexibility index (Phi) is 8.31. The van der Waals surface area contributed by atoms with Gasteiger partial charge in [0.25, 0.3) is 0 Å². The first kappa shape index (κ1) is 27.2. The first-order chi connectivity index (χ1) is 17.7. The molecule has 2 aliphatic rings. The van der Waals surface area contributed by atoms with Crippen LogP contribution in [-0.4, -0.2) is 68.2 Å². The number of hydrogen-bond acceptors (Lipinski definition) is 5. The van der Waals surface area contributed by atoms with Gasteiger partial charge < -0.3 is 14.9 Å². The fraction of sp³-hybridized carbons (Fsp3) is 0.310. The summed E-state index contributed by atoms with van der Waals surface area (Å²) in [6.07, 6.45) is 6.27. The van der Waals surface area contributed by atoms with Gasteiger partial charge in [0.2, 0.25) is 0 Å². The Morgan fingerprint density at radius 1 is 1.22 bits per heavy atom. The molecule has 0 bridgehead atoms. The molecule has 2 heterocycles. The minimum Gasteiger partial charge on any atom is -0.507 e. The number of benzene rings is 2. The third-order valence-corrected chi connectivity index (χ3v) is 10.1. The van der Waals surface area contributed by atoms with Crippen molar-refractivity contribution in [2.75, 3.05) is 27.2 Å². The van der Waals surface area contributed by atoms with Crippen molar-refractivity contribution in [1.82, 2.24) is 14.1 Å². The molecule has 6 nitrogen and oxygen atoms in total. The van der Waals surface area contributed by atoms with E-state index in [4.69, 9.17) is 4.99 Å². The molecule has 1 atom stereocenters. The van der Waals surface area contributed by atoms with Gasteiger partial charge in [-0.3, -0.25) is 0 Å². The van der Waals surface area contributed by atoms with Crippen LogP contribution < -0.4 is 0 Å². The molecule has 0 saturated carbocycles. The molecule has 0 aromatic heterocycles. The molecule has 0 spiro atoms. The third kappa shape index (κ3) is 5.42. The van der Waals surface area contributed by atoms with Crippen molar-refractivity contribution in [2.45, 2.75) is 37.1 Å². The fourth-order valence-corrected chi connectivity index (χ4v) is 7.32. The van der Waals surface area contributed by atoms with Crippen molar-refractivity contribution in [1.29, 1.82) is 0 Å². The van der Waals surface area contributed by atoms with E-state index in [-0.39, 0.29) is 11.8 Å². The lowest BCUT2D eigenvalue weighted by atomic mass is 10.0. The lowest BCUT2D eigenvalue weighted by Crippen LogP contribution is -2.47. The number of hydrogen-bond donors (Lipinski definition) is 1. The summed E-state index contributed by atoms with van der Waals surface area (Å²) >= 11 is 3.59. The molecule has 0 amide bonds. The Bertz CT molecular complexity index is 1370. The summed E-state index contributed by atoms with van der Waals surface area (Å²) in [7, 11) is 1.52. The van der Waals surface area contributed by atoms with E-state index in [2.05, 4.69) is 51.6 Å². The standard InChI is InChI=1S/C29H35BrN4O2S/c1-6-21-12-8-11-15-27(21)37(5,36)34-18-16-22(17-19-34)32(3)28-20-25(23-13-9-10-14-26(23)35)31-29(33(28)4)24(30)7-2/h7-15,20,22,35H,2,5-6,16-19H2,1,3-4H3/b29-24+. The van der Waals surface area contributed by atoms with Crippen molar-refractivity contribution in [2.24, 2.45) is 4.99 Å². The van der Waals surface area contributed by atoms with Gasteiger partial charge in [-0.1, -0.05) is 49.9 Å². The van der Waals surface area contributed by atoms with Crippen molar-refractivity contribution in [3.05, 3.63) is 94.5 Å². The molecule has 196 valence electrons.